The molecule has 0 fully saturated rings. The fourth-order valence-electron chi connectivity index (χ4n) is 1.36. The van der Waals surface area contributed by atoms with Crippen molar-refractivity contribution in [1.29, 1.82) is 0 Å². The summed E-state index contributed by atoms with van der Waals surface area (Å²) in [4.78, 5) is 0. The Balaban J connectivity index is 2.23. The molecule has 2 aromatic heterocycles. The van der Waals surface area contributed by atoms with Crippen LogP contribution in [0.3, 0.4) is 0 Å². The molecule has 0 aromatic carbocycles. The summed E-state index contributed by atoms with van der Waals surface area (Å²) in [6, 6.07) is 0. The van der Waals surface area contributed by atoms with Crippen LogP contribution in [-0.4, -0.2) is 33.1 Å². The van der Waals surface area contributed by atoms with E-state index in [0.29, 0.717) is 30.4 Å². The van der Waals surface area contributed by atoms with Gasteiger partial charge >= 0.3 is 0 Å². The number of ether oxygens (including phenoxy) is 1. The van der Waals surface area contributed by atoms with Gasteiger partial charge in [-0.05, 0) is 19.1 Å². The zero-order valence-corrected chi connectivity index (χ0v) is 9.66. The minimum Gasteiger partial charge on any atom is -0.380 e. The molecule has 0 saturated heterocycles. The molecule has 0 aliphatic heterocycles. The van der Waals surface area contributed by atoms with Crippen molar-refractivity contribution in [2.45, 2.75) is 13.5 Å². The van der Waals surface area contributed by atoms with E-state index in [1.807, 2.05) is 11.5 Å². The first kappa shape index (κ1) is 11.0. The van der Waals surface area contributed by atoms with Crippen LogP contribution in [0.15, 0.2) is 17.0 Å². The summed E-state index contributed by atoms with van der Waals surface area (Å²) in [6.45, 7) is 3.90. The number of aromatic amines is 1. The first-order valence-electron chi connectivity index (χ1n) is 4.95. The van der Waals surface area contributed by atoms with Crippen molar-refractivity contribution in [3.63, 3.8) is 0 Å². The molecule has 86 valence electrons. The maximum atomic E-state index is 5.29. The summed E-state index contributed by atoms with van der Waals surface area (Å²) >= 11 is 5.13. The molecule has 0 bridgehead atoms. The highest BCUT2D eigenvalue weighted by molar-refractivity contribution is 7.71. The number of nitrogens with one attached hydrogen (secondary N) is 1. The largest absolute Gasteiger partial charge is 0.380 e. The Kier molecular flexibility index (Phi) is 3.47. The predicted molar refractivity (Wildman–Crippen MR) is 59.4 cm³/mol. The molecule has 2 aromatic rings. The lowest BCUT2D eigenvalue weighted by Gasteiger charge is -2.04. The quantitative estimate of drug-likeness (QED) is 0.635. The lowest BCUT2D eigenvalue weighted by Crippen LogP contribution is -2.07. The average Bonchev–Trinajstić information content (AvgIpc) is 2.89. The highest BCUT2D eigenvalue weighted by Crippen LogP contribution is 2.15. The van der Waals surface area contributed by atoms with Crippen LogP contribution in [-0.2, 0) is 11.3 Å². The summed E-state index contributed by atoms with van der Waals surface area (Å²) in [5, 5.41) is 10.5. The van der Waals surface area contributed by atoms with Gasteiger partial charge in [0.2, 0.25) is 0 Å². The van der Waals surface area contributed by atoms with E-state index in [1.54, 1.807) is 6.20 Å². The van der Waals surface area contributed by atoms with Gasteiger partial charge in [0.1, 0.15) is 6.26 Å². The number of rotatable bonds is 5. The molecule has 0 aliphatic rings. The summed E-state index contributed by atoms with van der Waals surface area (Å²) < 4.78 is 12.5. The van der Waals surface area contributed by atoms with E-state index in [0.717, 1.165) is 5.56 Å². The van der Waals surface area contributed by atoms with Crippen LogP contribution in [0, 0.1) is 4.77 Å². The van der Waals surface area contributed by atoms with E-state index < -0.39 is 0 Å². The number of aromatic nitrogens is 4. The van der Waals surface area contributed by atoms with Gasteiger partial charge in [-0.25, -0.2) is 0 Å². The molecular formula is C9H12N4O2S. The van der Waals surface area contributed by atoms with Crippen molar-refractivity contribution < 1.29 is 9.26 Å². The monoisotopic (exact) mass is 240 g/mol. The standard InChI is InChI=1S/C9H12N4O2S/c1-2-14-4-3-13-8(11-12-9(13)16)7-5-10-15-6-7/h5-6H,2-4H2,1H3,(H,12,16). The Morgan fingerprint density at radius 3 is 3.19 bits per heavy atom. The zero-order valence-electron chi connectivity index (χ0n) is 8.84. The molecule has 7 heteroatoms. The Hall–Kier alpha value is -1.47. The smallest absolute Gasteiger partial charge is 0.195 e. The van der Waals surface area contributed by atoms with Gasteiger partial charge in [0.25, 0.3) is 0 Å². The first-order valence-corrected chi connectivity index (χ1v) is 5.36. The Morgan fingerprint density at radius 1 is 1.62 bits per heavy atom. The third-order valence-corrected chi connectivity index (χ3v) is 2.42. The maximum Gasteiger partial charge on any atom is 0.195 e. The van der Waals surface area contributed by atoms with E-state index in [4.69, 9.17) is 21.5 Å². The van der Waals surface area contributed by atoms with Crippen molar-refractivity contribution in [3.05, 3.63) is 17.2 Å². The van der Waals surface area contributed by atoms with Crippen molar-refractivity contribution in [2.24, 2.45) is 0 Å². The first-order chi connectivity index (χ1) is 7.83. The van der Waals surface area contributed by atoms with Crippen LogP contribution >= 0.6 is 12.2 Å². The number of nitrogens with zero attached hydrogens (tertiary/aromatic N) is 3. The second-order valence-electron chi connectivity index (χ2n) is 3.11. The SMILES string of the molecule is CCOCCn1c(-c2cnoc2)n[nH]c1=S. The molecule has 0 spiro atoms. The molecule has 0 atom stereocenters. The van der Waals surface area contributed by atoms with Crippen LogP contribution in [0.4, 0.5) is 0 Å². The molecule has 0 amide bonds. The van der Waals surface area contributed by atoms with E-state index >= 15 is 0 Å². The minimum atomic E-state index is 0.566. The van der Waals surface area contributed by atoms with Gasteiger partial charge in [-0.15, -0.1) is 0 Å². The second kappa shape index (κ2) is 5.04. The van der Waals surface area contributed by atoms with Crippen molar-refractivity contribution in [2.75, 3.05) is 13.2 Å². The normalized spacial score (nSPS) is 10.8. The fourth-order valence-corrected chi connectivity index (χ4v) is 1.58. The van der Waals surface area contributed by atoms with Crippen molar-refractivity contribution in [3.8, 4) is 11.4 Å². The zero-order chi connectivity index (χ0) is 11.4. The fraction of sp³-hybridized carbons (Fsp3) is 0.444. The Morgan fingerprint density at radius 2 is 2.50 bits per heavy atom. The molecule has 2 rings (SSSR count). The van der Waals surface area contributed by atoms with Crippen LogP contribution in [0.1, 0.15) is 6.92 Å². The second-order valence-corrected chi connectivity index (χ2v) is 3.50. The van der Waals surface area contributed by atoms with E-state index in [2.05, 4.69) is 15.4 Å². The van der Waals surface area contributed by atoms with Gasteiger partial charge in [-0.2, -0.15) is 5.10 Å². The lowest BCUT2D eigenvalue weighted by molar-refractivity contribution is 0.139. The third-order valence-electron chi connectivity index (χ3n) is 2.11. The van der Waals surface area contributed by atoms with Gasteiger partial charge in [-0.1, -0.05) is 5.16 Å². The maximum absolute atomic E-state index is 5.29. The molecule has 0 saturated carbocycles. The molecule has 0 aliphatic carbocycles. The number of hydrogen-bond acceptors (Lipinski definition) is 5. The van der Waals surface area contributed by atoms with E-state index in [-0.39, 0.29) is 0 Å². The molecular weight excluding hydrogens is 228 g/mol. The molecule has 0 unspecified atom stereocenters. The molecule has 1 N–H and O–H groups in total. The summed E-state index contributed by atoms with van der Waals surface area (Å²) in [5.41, 5.74) is 0.795. The van der Waals surface area contributed by atoms with E-state index in [1.165, 1.54) is 6.26 Å². The van der Waals surface area contributed by atoms with Crippen LogP contribution < -0.4 is 0 Å². The Bertz CT molecular complexity index is 488. The van der Waals surface area contributed by atoms with Gasteiger partial charge in [0.15, 0.2) is 10.6 Å². The van der Waals surface area contributed by atoms with Crippen LogP contribution in [0.2, 0.25) is 0 Å². The highest BCUT2D eigenvalue weighted by Gasteiger charge is 2.10. The van der Waals surface area contributed by atoms with Crippen molar-refractivity contribution >= 4 is 12.2 Å². The molecule has 16 heavy (non-hydrogen) atoms. The summed E-state index contributed by atoms with van der Waals surface area (Å²) in [6.07, 6.45) is 3.13. The molecule has 2 heterocycles. The summed E-state index contributed by atoms with van der Waals surface area (Å²) in [5.74, 6) is 0.714. The lowest BCUT2D eigenvalue weighted by atomic mass is 10.3. The predicted octanol–water partition coefficient (Wildman–Crippen LogP) is 1.63. The van der Waals surface area contributed by atoms with Gasteiger partial charge in [0.05, 0.1) is 24.9 Å². The highest BCUT2D eigenvalue weighted by atomic mass is 32.1. The van der Waals surface area contributed by atoms with Gasteiger partial charge in [0, 0.05) is 6.61 Å². The van der Waals surface area contributed by atoms with E-state index in [9.17, 15) is 0 Å². The molecule has 6 nitrogen and oxygen atoms in total. The van der Waals surface area contributed by atoms with Gasteiger partial charge in [-0.3, -0.25) is 9.67 Å². The van der Waals surface area contributed by atoms with Crippen LogP contribution in [0.25, 0.3) is 11.4 Å². The number of hydrogen-bond donors (Lipinski definition) is 1. The topological polar surface area (TPSA) is 68.9 Å². The van der Waals surface area contributed by atoms with Crippen LogP contribution in [0.5, 0.6) is 0 Å². The molecule has 0 radical (unpaired) electrons. The van der Waals surface area contributed by atoms with Crippen molar-refractivity contribution in [1.82, 2.24) is 19.9 Å². The number of H-pyrrole nitrogens is 1. The third kappa shape index (κ3) is 2.20. The Labute approximate surface area is 97.2 Å². The minimum absolute atomic E-state index is 0.566. The average molecular weight is 240 g/mol. The summed E-state index contributed by atoms with van der Waals surface area (Å²) in [7, 11) is 0. The van der Waals surface area contributed by atoms with Gasteiger partial charge < -0.3 is 9.26 Å².